The van der Waals surface area contributed by atoms with Gasteiger partial charge in [-0.15, -0.1) is 10.2 Å². The van der Waals surface area contributed by atoms with Gasteiger partial charge in [0.05, 0.1) is 18.4 Å². The van der Waals surface area contributed by atoms with Crippen LogP contribution in [0.25, 0.3) is 11.3 Å². The molecule has 0 N–H and O–H groups in total. The van der Waals surface area contributed by atoms with E-state index in [0.29, 0.717) is 28.2 Å². The topological polar surface area (TPSA) is 77.4 Å². The molecule has 0 spiro atoms. The van der Waals surface area contributed by atoms with Crippen molar-refractivity contribution in [1.29, 1.82) is 0 Å². The monoisotopic (exact) mass is 422 g/mol. The van der Waals surface area contributed by atoms with Crippen molar-refractivity contribution in [3.05, 3.63) is 53.6 Å². The van der Waals surface area contributed by atoms with Gasteiger partial charge in [-0.05, 0) is 36.9 Å². The van der Waals surface area contributed by atoms with E-state index in [0.717, 1.165) is 22.4 Å². The van der Waals surface area contributed by atoms with Crippen LogP contribution in [0.4, 0.5) is 5.69 Å². The Bertz CT molecular complexity index is 1110. The van der Waals surface area contributed by atoms with E-state index in [1.165, 1.54) is 18.7 Å². The normalized spacial score (nSPS) is 14.9. The summed E-state index contributed by atoms with van der Waals surface area (Å²) >= 11 is 1.48. The van der Waals surface area contributed by atoms with Gasteiger partial charge in [-0.1, -0.05) is 42.4 Å². The van der Waals surface area contributed by atoms with E-state index in [2.05, 4.69) is 15.2 Å². The Labute approximate surface area is 179 Å². The molecular weight excluding hydrogens is 400 g/mol. The van der Waals surface area contributed by atoms with Gasteiger partial charge in [-0.25, -0.2) is 0 Å². The van der Waals surface area contributed by atoms with Crippen LogP contribution in [-0.4, -0.2) is 34.0 Å². The molecule has 2 aromatic carbocycles. The molecule has 1 aromatic heterocycles. The van der Waals surface area contributed by atoms with Gasteiger partial charge in [0, 0.05) is 12.5 Å². The smallest absolute Gasteiger partial charge is 0.247 e. The lowest BCUT2D eigenvalue weighted by atomic mass is 10.0. The summed E-state index contributed by atoms with van der Waals surface area (Å²) < 4.78 is 11.9. The number of thioether (sulfide) groups is 1. The van der Waals surface area contributed by atoms with Gasteiger partial charge < -0.3 is 9.47 Å². The van der Waals surface area contributed by atoms with E-state index in [1.807, 2.05) is 56.3 Å². The number of amides is 1. The van der Waals surface area contributed by atoms with Gasteiger partial charge in [0.15, 0.2) is 5.69 Å². The lowest BCUT2D eigenvalue weighted by Gasteiger charge is -2.30. The molecule has 30 heavy (non-hydrogen) atoms. The van der Waals surface area contributed by atoms with Crippen molar-refractivity contribution in [2.24, 2.45) is 0 Å². The summed E-state index contributed by atoms with van der Waals surface area (Å²) in [5.74, 6) is 1.61. The lowest BCUT2D eigenvalue weighted by molar-refractivity contribution is -0.118. The number of hydrogen-bond acceptors (Lipinski definition) is 7. The molecular formula is C22H22N4O3S. The lowest BCUT2D eigenvalue weighted by Crippen LogP contribution is -2.36. The minimum atomic E-state index is -0.766. The zero-order valence-electron chi connectivity index (χ0n) is 17.2. The SMILES string of the molecule is CCSc1nnc2c(n1)OC(c1ccccc1OC)N(C(C)=O)c1ccc(C)cc1-2. The van der Waals surface area contributed by atoms with Crippen molar-refractivity contribution in [2.45, 2.75) is 32.2 Å². The molecule has 1 unspecified atom stereocenters. The van der Waals surface area contributed by atoms with Gasteiger partial charge in [-0.2, -0.15) is 4.98 Å². The third-order valence-corrected chi connectivity index (χ3v) is 5.50. The molecule has 1 aliphatic rings. The second-order valence-electron chi connectivity index (χ2n) is 6.80. The van der Waals surface area contributed by atoms with Crippen LogP contribution in [0, 0.1) is 6.92 Å². The Balaban J connectivity index is 1.99. The highest BCUT2D eigenvalue weighted by atomic mass is 32.2. The van der Waals surface area contributed by atoms with Crippen LogP contribution in [0.2, 0.25) is 0 Å². The average molecular weight is 423 g/mol. The van der Waals surface area contributed by atoms with E-state index >= 15 is 0 Å². The summed E-state index contributed by atoms with van der Waals surface area (Å²) in [5.41, 5.74) is 3.71. The molecule has 1 amide bonds. The van der Waals surface area contributed by atoms with E-state index in [4.69, 9.17) is 9.47 Å². The number of hydrogen-bond donors (Lipinski definition) is 0. The number of carbonyl (C=O) groups excluding carboxylic acids is 1. The molecule has 3 aromatic rings. The van der Waals surface area contributed by atoms with Gasteiger partial charge in [-0.3, -0.25) is 9.69 Å². The number of para-hydroxylation sites is 1. The Kier molecular flexibility index (Phi) is 5.59. The van der Waals surface area contributed by atoms with Crippen molar-refractivity contribution in [3.63, 3.8) is 0 Å². The quantitative estimate of drug-likeness (QED) is 0.576. The second kappa shape index (κ2) is 8.31. The van der Waals surface area contributed by atoms with Gasteiger partial charge >= 0.3 is 0 Å². The zero-order valence-corrected chi connectivity index (χ0v) is 18.1. The number of rotatable bonds is 4. The summed E-state index contributed by atoms with van der Waals surface area (Å²) in [5, 5.41) is 9.19. The maximum Gasteiger partial charge on any atom is 0.247 e. The van der Waals surface area contributed by atoms with E-state index < -0.39 is 6.23 Å². The highest BCUT2D eigenvalue weighted by molar-refractivity contribution is 7.99. The first-order valence-corrected chi connectivity index (χ1v) is 10.6. The van der Waals surface area contributed by atoms with E-state index in [9.17, 15) is 4.79 Å². The van der Waals surface area contributed by atoms with Gasteiger partial charge in [0.2, 0.25) is 23.2 Å². The number of nitrogens with zero attached hydrogens (tertiary/aromatic N) is 4. The van der Waals surface area contributed by atoms with Crippen molar-refractivity contribution >= 4 is 23.4 Å². The van der Waals surface area contributed by atoms with Gasteiger partial charge in [0.25, 0.3) is 0 Å². The molecule has 0 saturated heterocycles. The first-order valence-electron chi connectivity index (χ1n) is 9.61. The van der Waals surface area contributed by atoms with Crippen molar-refractivity contribution in [1.82, 2.24) is 15.2 Å². The molecule has 7 nitrogen and oxygen atoms in total. The number of carbonyl (C=O) groups is 1. The maximum absolute atomic E-state index is 12.8. The fraction of sp³-hybridized carbons (Fsp3) is 0.273. The van der Waals surface area contributed by atoms with Crippen molar-refractivity contribution in [3.8, 4) is 22.9 Å². The predicted octanol–water partition coefficient (Wildman–Crippen LogP) is 4.41. The molecule has 1 atom stereocenters. The second-order valence-corrected chi connectivity index (χ2v) is 8.03. The summed E-state index contributed by atoms with van der Waals surface area (Å²) in [6, 6.07) is 13.3. The Morgan fingerprint density at radius 1 is 1.23 bits per heavy atom. The fourth-order valence-electron chi connectivity index (χ4n) is 3.48. The fourth-order valence-corrected chi connectivity index (χ4v) is 3.99. The third-order valence-electron chi connectivity index (χ3n) is 4.78. The van der Waals surface area contributed by atoms with Crippen LogP contribution in [-0.2, 0) is 4.79 Å². The molecule has 0 saturated carbocycles. The third kappa shape index (κ3) is 3.59. The number of anilines is 1. The Morgan fingerprint density at radius 2 is 2.03 bits per heavy atom. The number of aromatic nitrogens is 3. The number of benzene rings is 2. The standard InChI is InChI=1S/C22H22N4O3S/c1-5-30-22-23-20-19(24-25-22)16-12-13(2)10-11-17(16)26(14(3)27)21(29-20)15-8-6-7-9-18(15)28-4/h6-12,21H,5H2,1-4H3. The molecule has 0 radical (unpaired) electrons. The molecule has 8 heteroatoms. The largest absolute Gasteiger partial charge is 0.496 e. The van der Waals surface area contributed by atoms with Crippen LogP contribution in [0.15, 0.2) is 47.6 Å². The first kappa shape index (κ1) is 20.2. The summed E-state index contributed by atoms with van der Waals surface area (Å²) in [6.07, 6.45) is -0.766. The van der Waals surface area contributed by atoms with Crippen molar-refractivity contribution in [2.75, 3.05) is 17.8 Å². The Morgan fingerprint density at radius 3 is 2.77 bits per heavy atom. The molecule has 4 rings (SSSR count). The van der Waals surface area contributed by atoms with Crippen LogP contribution >= 0.6 is 11.8 Å². The molecule has 2 heterocycles. The van der Waals surface area contributed by atoms with Crippen LogP contribution in [0.5, 0.6) is 11.6 Å². The highest BCUT2D eigenvalue weighted by Gasteiger charge is 2.36. The van der Waals surface area contributed by atoms with Crippen LogP contribution < -0.4 is 14.4 Å². The first-order chi connectivity index (χ1) is 14.5. The minimum Gasteiger partial charge on any atom is -0.496 e. The van der Waals surface area contributed by atoms with Crippen LogP contribution in [0.3, 0.4) is 0 Å². The van der Waals surface area contributed by atoms with E-state index in [-0.39, 0.29) is 5.91 Å². The summed E-state index contributed by atoms with van der Waals surface area (Å²) in [4.78, 5) is 19.1. The van der Waals surface area contributed by atoms with E-state index in [1.54, 1.807) is 12.0 Å². The molecule has 1 aliphatic heterocycles. The summed E-state index contributed by atoms with van der Waals surface area (Å²) in [7, 11) is 1.60. The average Bonchev–Trinajstić information content (AvgIpc) is 2.88. The number of fused-ring (bicyclic) bond motifs is 3. The predicted molar refractivity (Wildman–Crippen MR) is 116 cm³/mol. The van der Waals surface area contributed by atoms with Crippen molar-refractivity contribution < 1.29 is 14.3 Å². The molecule has 154 valence electrons. The zero-order chi connectivity index (χ0) is 21.3. The Hall–Kier alpha value is -3.13. The molecule has 0 bridgehead atoms. The maximum atomic E-state index is 12.8. The highest BCUT2D eigenvalue weighted by Crippen LogP contribution is 2.45. The van der Waals surface area contributed by atoms with Gasteiger partial charge in [0.1, 0.15) is 5.75 Å². The minimum absolute atomic E-state index is 0.167. The molecule has 0 fully saturated rings. The number of aryl methyl sites for hydroxylation is 1. The molecule has 0 aliphatic carbocycles. The number of ether oxygens (including phenoxy) is 2. The summed E-state index contributed by atoms with van der Waals surface area (Å²) in [6.45, 7) is 5.53. The number of methoxy groups -OCH3 is 1. The van der Waals surface area contributed by atoms with Crippen LogP contribution in [0.1, 0.15) is 31.2 Å².